The fourth-order valence-electron chi connectivity index (χ4n) is 2.77. The molecule has 7 heteroatoms. The number of hydrogen-bond acceptors (Lipinski definition) is 7. The van der Waals surface area contributed by atoms with Crippen LogP contribution in [0.2, 0.25) is 0 Å². The first kappa shape index (κ1) is 18.5. The summed E-state index contributed by atoms with van der Waals surface area (Å²) in [5.74, 6) is 0.393. The third kappa shape index (κ3) is 5.09. The third-order valence-corrected chi connectivity index (χ3v) is 3.97. The molecule has 1 aliphatic heterocycles. The van der Waals surface area contributed by atoms with Crippen LogP contribution in [-0.4, -0.2) is 73.8 Å². The van der Waals surface area contributed by atoms with Crippen molar-refractivity contribution >= 4 is 5.97 Å². The SMILES string of the molecule is COC(=O)c1ccc(OC[C@H](O)CN2CCC[C@H](O)C2)c(OC)c1. The third-order valence-electron chi connectivity index (χ3n) is 3.97. The van der Waals surface area contributed by atoms with Crippen molar-refractivity contribution < 1.29 is 29.2 Å². The highest BCUT2D eigenvalue weighted by atomic mass is 16.5. The van der Waals surface area contributed by atoms with Crippen LogP contribution >= 0.6 is 0 Å². The van der Waals surface area contributed by atoms with E-state index in [0.717, 1.165) is 19.4 Å². The number of likely N-dealkylation sites (tertiary alicyclic amines) is 1. The summed E-state index contributed by atoms with van der Waals surface area (Å²) in [6.07, 6.45) is 0.739. The Morgan fingerprint density at radius 1 is 1.38 bits per heavy atom. The summed E-state index contributed by atoms with van der Waals surface area (Å²) >= 11 is 0. The molecule has 134 valence electrons. The molecule has 0 saturated carbocycles. The molecule has 0 aromatic heterocycles. The smallest absolute Gasteiger partial charge is 0.337 e. The Morgan fingerprint density at radius 2 is 2.17 bits per heavy atom. The second kappa shape index (κ2) is 8.86. The Labute approximate surface area is 141 Å². The number of rotatable bonds is 7. The summed E-state index contributed by atoms with van der Waals surface area (Å²) in [7, 11) is 2.79. The fourth-order valence-corrected chi connectivity index (χ4v) is 2.77. The van der Waals surface area contributed by atoms with Gasteiger partial charge in [-0.05, 0) is 37.6 Å². The second-order valence-corrected chi connectivity index (χ2v) is 5.88. The molecular formula is C17H25NO6. The summed E-state index contributed by atoms with van der Waals surface area (Å²) in [5, 5.41) is 19.8. The van der Waals surface area contributed by atoms with E-state index in [9.17, 15) is 15.0 Å². The Hall–Kier alpha value is -1.83. The molecular weight excluding hydrogens is 314 g/mol. The fraction of sp³-hybridized carbons (Fsp3) is 0.588. The topological polar surface area (TPSA) is 88.5 Å². The van der Waals surface area contributed by atoms with Crippen LogP contribution in [0.15, 0.2) is 18.2 Å². The number of benzene rings is 1. The molecule has 2 atom stereocenters. The van der Waals surface area contributed by atoms with E-state index >= 15 is 0 Å². The highest BCUT2D eigenvalue weighted by molar-refractivity contribution is 5.90. The number of piperidine rings is 1. The number of aliphatic hydroxyl groups is 2. The van der Waals surface area contributed by atoms with E-state index in [1.54, 1.807) is 12.1 Å². The number of esters is 1. The number of carbonyl (C=O) groups is 1. The van der Waals surface area contributed by atoms with Crippen LogP contribution in [0.1, 0.15) is 23.2 Å². The molecule has 0 unspecified atom stereocenters. The Kier molecular flexibility index (Phi) is 6.84. The maximum atomic E-state index is 11.5. The van der Waals surface area contributed by atoms with Crippen LogP contribution in [0, 0.1) is 0 Å². The standard InChI is InChI=1S/C17H25NO6/c1-22-16-8-12(17(21)23-2)5-6-15(16)24-11-14(20)10-18-7-3-4-13(19)9-18/h5-6,8,13-14,19-20H,3-4,7,9-11H2,1-2H3/t13-,14+/m0/s1. The van der Waals surface area contributed by atoms with Gasteiger partial charge >= 0.3 is 5.97 Å². The van der Waals surface area contributed by atoms with Gasteiger partial charge in [0.25, 0.3) is 0 Å². The van der Waals surface area contributed by atoms with Gasteiger partial charge in [-0.2, -0.15) is 0 Å². The van der Waals surface area contributed by atoms with Crippen LogP contribution in [-0.2, 0) is 4.74 Å². The van der Waals surface area contributed by atoms with Crippen molar-refractivity contribution in [1.82, 2.24) is 4.90 Å². The molecule has 0 bridgehead atoms. The summed E-state index contributed by atoms with van der Waals surface area (Å²) in [6.45, 7) is 1.99. The van der Waals surface area contributed by atoms with Crippen LogP contribution < -0.4 is 9.47 Å². The normalized spacial score (nSPS) is 19.6. The van der Waals surface area contributed by atoms with Crippen molar-refractivity contribution in [3.8, 4) is 11.5 Å². The van der Waals surface area contributed by atoms with E-state index in [4.69, 9.17) is 9.47 Å². The molecule has 1 aliphatic rings. The summed E-state index contributed by atoms with van der Waals surface area (Å²) < 4.78 is 15.5. The van der Waals surface area contributed by atoms with Gasteiger partial charge in [-0.25, -0.2) is 4.79 Å². The van der Waals surface area contributed by atoms with Crippen molar-refractivity contribution in [2.45, 2.75) is 25.0 Å². The first-order chi connectivity index (χ1) is 11.5. The van der Waals surface area contributed by atoms with Gasteiger partial charge in [0.15, 0.2) is 11.5 Å². The first-order valence-corrected chi connectivity index (χ1v) is 8.01. The average molecular weight is 339 g/mol. The minimum absolute atomic E-state index is 0.0977. The highest BCUT2D eigenvalue weighted by Gasteiger charge is 2.20. The molecule has 1 saturated heterocycles. The molecule has 2 rings (SSSR count). The van der Waals surface area contributed by atoms with Gasteiger partial charge in [-0.15, -0.1) is 0 Å². The van der Waals surface area contributed by atoms with E-state index in [0.29, 0.717) is 30.2 Å². The zero-order valence-electron chi connectivity index (χ0n) is 14.1. The summed E-state index contributed by atoms with van der Waals surface area (Å²) in [6, 6.07) is 4.73. The molecule has 0 spiro atoms. The second-order valence-electron chi connectivity index (χ2n) is 5.88. The molecule has 2 N–H and O–H groups in total. The lowest BCUT2D eigenvalue weighted by Crippen LogP contribution is -2.43. The van der Waals surface area contributed by atoms with Crippen molar-refractivity contribution in [2.24, 2.45) is 0 Å². The Bertz CT molecular complexity index is 550. The van der Waals surface area contributed by atoms with Crippen LogP contribution in [0.3, 0.4) is 0 Å². The quantitative estimate of drug-likeness (QED) is 0.706. The largest absolute Gasteiger partial charge is 0.493 e. The molecule has 0 radical (unpaired) electrons. The van der Waals surface area contributed by atoms with Gasteiger partial charge in [0.2, 0.25) is 0 Å². The van der Waals surface area contributed by atoms with Gasteiger partial charge in [-0.1, -0.05) is 0 Å². The van der Waals surface area contributed by atoms with Gasteiger partial charge in [0.05, 0.1) is 25.9 Å². The van der Waals surface area contributed by atoms with E-state index in [-0.39, 0.29) is 12.7 Å². The minimum atomic E-state index is -0.680. The predicted octanol–water partition coefficient (Wildman–Crippen LogP) is 0.678. The zero-order valence-corrected chi connectivity index (χ0v) is 14.1. The molecule has 0 amide bonds. The maximum Gasteiger partial charge on any atom is 0.337 e. The lowest BCUT2D eigenvalue weighted by atomic mass is 10.1. The molecule has 7 nitrogen and oxygen atoms in total. The van der Waals surface area contributed by atoms with Crippen LogP contribution in [0.25, 0.3) is 0 Å². The van der Waals surface area contributed by atoms with Gasteiger partial charge in [-0.3, -0.25) is 4.90 Å². The summed E-state index contributed by atoms with van der Waals surface area (Å²) in [5.41, 5.74) is 0.365. The number of hydrogen-bond donors (Lipinski definition) is 2. The monoisotopic (exact) mass is 339 g/mol. The van der Waals surface area contributed by atoms with Gasteiger partial charge in [0, 0.05) is 13.1 Å². The van der Waals surface area contributed by atoms with E-state index in [2.05, 4.69) is 4.74 Å². The number of carbonyl (C=O) groups excluding carboxylic acids is 1. The number of β-amino-alcohol motifs (C(OH)–C–C–N with tert-alkyl or cyclic N) is 2. The lowest BCUT2D eigenvalue weighted by molar-refractivity contribution is 0.0239. The molecule has 1 heterocycles. The Morgan fingerprint density at radius 3 is 2.83 bits per heavy atom. The van der Waals surface area contributed by atoms with E-state index in [1.807, 2.05) is 4.90 Å². The number of nitrogens with zero attached hydrogens (tertiary/aromatic N) is 1. The first-order valence-electron chi connectivity index (χ1n) is 8.01. The van der Waals surface area contributed by atoms with Crippen LogP contribution in [0.4, 0.5) is 0 Å². The average Bonchev–Trinajstić information content (AvgIpc) is 2.59. The zero-order chi connectivity index (χ0) is 17.5. The van der Waals surface area contributed by atoms with Crippen LogP contribution in [0.5, 0.6) is 11.5 Å². The molecule has 1 aromatic rings. The van der Waals surface area contributed by atoms with E-state index < -0.39 is 12.1 Å². The van der Waals surface area contributed by atoms with Crippen molar-refractivity contribution in [3.63, 3.8) is 0 Å². The highest BCUT2D eigenvalue weighted by Crippen LogP contribution is 2.28. The van der Waals surface area contributed by atoms with E-state index in [1.165, 1.54) is 20.3 Å². The number of aliphatic hydroxyl groups excluding tert-OH is 2. The molecule has 1 aromatic carbocycles. The Balaban J connectivity index is 1.89. The number of methoxy groups -OCH3 is 2. The lowest BCUT2D eigenvalue weighted by Gasteiger charge is -2.31. The molecule has 0 aliphatic carbocycles. The maximum absolute atomic E-state index is 11.5. The summed E-state index contributed by atoms with van der Waals surface area (Å²) in [4.78, 5) is 13.5. The predicted molar refractivity (Wildman–Crippen MR) is 87.5 cm³/mol. The minimum Gasteiger partial charge on any atom is -0.493 e. The van der Waals surface area contributed by atoms with Crippen molar-refractivity contribution in [3.05, 3.63) is 23.8 Å². The number of ether oxygens (including phenoxy) is 3. The van der Waals surface area contributed by atoms with Crippen molar-refractivity contribution in [2.75, 3.05) is 40.5 Å². The molecule has 1 fully saturated rings. The van der Waals surface area contributed by atoms with Gasteiger partial charge < -0.3 is 24.4 Å². The van der Waals surface area contributed by atoms with Gasteiger partial charge in [0.1, 0.15) is 12.7 Å². The van der Waals surface area contributed by atoms with Crippen molar-refractivity contribution in [1.29, 1.82) is 0 Å². The molecule has 24 heavy (non-hydrogen) atoms.